The zero-order valence-corrected chi connectivity index (χ0v) is 20.5. The van der Waals surface area contributed by atoms with Gasteiger partial charge in [-0.2, -0.15) is 0 Å². The van der Waals surface area contributed by atoms with Crippen LogP contribution in [0, 0.1) is 11.8 Å². The Hall–Kier alpha value is -4.12. The van der Waals surface area contributed by atoms with Crippen LogP contribution in [0.25, 0.3) is 11.0 Å². The van der Waals surface area contributed by atoms with E-state index in [1.165, 1.54) is 12.4 Å². The first-order valence-electron chi connectivity index (χ1n) is 11.6. The minimum Gasteiger partial charge on any atom is -0.383 e. The van der Waals surface area contributed by atoms with Crippen LogP contribution in [0.5, 0.6) is 0 Å². The third-order valence-electron chi connectivity index (χ3n) is 6.58. The molecule has 0 saturated carbocycles. The zero-order valence-electron chi connectivity index (χ0n) is 20.5. The van der Waals surface area contributed by atoms with E-state index in [2.05, 4.69) is 33.7 Å². The van der Waals surface area contributed by atoms with E-state index in [-0.39, 0.29) is 29.7 Å². The predicted molar refractivity (Wildman–Crippen MR) is 136 cm³/mol. The molecule has 35 heavy (non-hydrogen) atoms. The molecule has 2 aromatic heterocycles. The summed E-state index contributed by atoms with van der Waals surface area (Å²) in [6, 6.07) is 9.62. The summed E-state index contributed by atoms with van der Waals surface area (Å²) in [5, 5.41) is 3.61. The number of fused-ring (bicyclic) bond motifs is 1. The molecule has 3 heterocycles. The molecule has 1 aliphatic heterocycles. The van der Waals surface area contributed by atoms with Crippen LogP contribution in [-0.2, 0) is 10.3 Å². The molecule has 8 nitrogen and oxygen atoms in total. The van der Waals surface area contributed by atoms with Crippen molar-refractivity contribution in [3.8, 4) is 11.8 Å². The maximum atomic E-state index is 13.8. The maximum Gasteiger partial charge on any atom is 0.255 e. The lowest BCUT2D eigenvalue weighted by Gasteiger charge is -2.27. The highest BCUT2D eigenvalue weighted by Gasteiger charge is 2.37. The fourth-order valence-corrected chi connectivity index (χ4v) is 4.86. The molecular formula is C27H30N6O2. The number of carbonyl (C=O) groups excluding carboxylic acids is 2. The largest absolute Gasteiger partial charge is 0.383 e. The van der Waals surface area contributed by atoms with Gasteiger partial charge in [-0.3, -0.25) is 9.59 Å². The van der Waals surface area contributed by atoms with Gasteiger partial charge in [-0.25, -0.2) is 9.97 Å². The topological polar surface area (TPSA) is 106 Å². The van der Waals surface area contributed by atoms with Gasteiger partial charge in [0, 0.05) is 12.6 Å². The molecule has 180 valence electrons. The van der Waals surface area contributed by atoms with E-state index >= 15 is 0 Å². The summed E-state index contributed by atoms with van der Waals surface area (Å²) < 4.78 is 1.95. The van der Waals surface area contributed by atoms with Crippen molar-refractivity contribution in [3.63, 3.8) is 0 Å². The lowest BCUT2D eigenvalue weighted by atomic mass is 9.93. The molecule has 3 N–H and O–H groups in total. The molecule has 1 aromatic carbocycles. The van der Waals surface area contributed by atoms with Gasteiger partial charge >= 0.3 is 0 Å². The SMILES string of the molecule is C=CC(=O)N1C[C@H](n2c(C#CC)c(C(=O)NC(C)(C)c3ccccc3)c3c(N)ncnc32)C[C@@H]1C. The highest BCUT2D eigenvalue weighted by atomic mass is 16.2. The second-order valence-electron chi connectivity index (χ2n) is 9.30. The summed E-state index contributed by atoms with van der Waals surface area (Å²) in [7, 11) is 0. The van der Waals surface area contributed by atoms with Crippen molar-refractivity contribution in [2.75, 3.05) is 12.3 Å². The molecule has 8 heteroatoms. The summed E-state index contributed by atoms with van der Waals surface area (Å²) in [4.78, 5) is 36.7. The Kier molecular flexibility index (Phi) is 6.35. The van der Waals surface area contributed by atoms with E-state index in [0.29, 0.717) is 35.3 Å². The smallest absolute Gasteiger partial charge is 0.255 e. The van der Waals surface area contributed by atoms with Gasteiger partial charge in [-0.05, 0) is 51.7 Å². The number of nitrogen functional groups attached to an aromatic ring is 1. The number of carbonyl (C=O) groups is 2. The van der Waals surface area contributed by atoms with Gasteiger partial charge in [0.25, 0.3) is 5.91 Å². The molecule has 2 atom stereocenters. The first kappa shape index (κ1) is 24.0. The van der Waals surface area contributed by atoms with Crippen molar-refractivity contribution in [3.05, 3.63) is 66.1 Å². The molecule has 0 radical (unpaired) electrons. The van der Waals surface area contributed by atoms with E-state index < -0.39 is 5.54 Å². The Morgan fingerprint density at radius 1 is 1.26 bits per heavy atom. The molecule has 0 aliphatic carbocycles. The zero-order chi connectivity index (χ0) is 25.3. The Bertz CT molecular complexity index is 1360. The van der Waals surface area contributed by atoms with Crippen LogP contribution in [0.15, 0.2) is 49.3 Å². The monoisotopic (exact) mass is 470 g/mol. The second-order valence-corrected chi connectivity index (χ2v) is 9.30. The van der Waals surface area contributed by atoms with Gasteiger partial charge in [0.15, 0.2) is 0 Å². The minimum absolute atomic E-state index is 0.00106. The highest BCUT2D eigenvalue weighted by Crippen LogP contribution is 2.36. The molecule has 0 spiro atoms. The van der Waals surface area contributed by atoms with Crippen molar-refractivity contribution in [1.29, 1.82) is 0 Å². The molecule has 1 aliphatic rings. The number of nitrogens with zero attached hydrogens (tertiary/aromatic N) is 4. The number of nitrogens with one attached hydrogen (secondary N) is 1. The number of anilines is 1. The third kappa shape index (κ3) is 4.26. The summed E-state index contributed by atoms with van der Waals surface area (Å²) in [5.74, 6) is 5.83. The number of benzene rings is 1. The summed E-state index contributed by atoms with van der Waals surface area (Å²) in [6.07, 6.45) is 3.39. The Morgan fingerprint density at radius 2 is 1.97 bits per heavy atom. The number of hydrogen-bond acceptors (Lipinski definition) is 5. The minimum atomic E-state index is -0.650. The molecular weight excluding hydrogens is 440 g/mol. The summed E-state index contributed by atoms with van der Waals surface area (Å²) in [5.41, 5.74) is 8.01. The first-order valence-corrected chi connectivity index (χ1v) is 11.6. The molecule has 3 aromatic rings. The standard InChI is InChI=1S/C27H30N6O2/c1-6-11-20-22(26(35)31-27(4,5)18-12-9-8-10-13-18)23-24(28)29-16-30-25(23)33(20)19-14-17(3)32(15-19)21(34)7-2/h7-10,12-13,16-17,19H,2,14-15H2,1,3-5H3,(H,31,35)(H2,28,29,30)/t17-,19+/m0/s1. The quantitative estimate of drug-likeness (QED) is 0.439. The van der Waals surface area contributed by atoms with E-state index in [9.17, 15) is 9.59 Å². The maximum absolute atomic E-state index is 13.8. The van der Waals surface area contributed by atoms with Gasteiger partial charge in [-0.15, -0.1) is 0 Å². The van der Waals surface area contributed by atoms with Gasteiger partial charge in [0.1, 0.15) is 23.5 Å². The number of amides is 2. The molecule has 1 saturated heterocycles. The first-order chi connectivity index (χ1) is 16.7. The average Bonchev–Trinajstić information content (AvgIpc) is 3.37. The van der Waals surface area contributed by atoms with Gasteiger partial charge in [-0.1, -0.05) is 42.8 Å². The number of hydrogen-bond donors (Lipinski definition) is 2. The van der Waals surface area contributed by atoms with E-state index in [1.54, 1.807) is 11.8 Å². The number of likely N-dealkylation sites (tertiary alicyclic amines) is 1. The van der Waals surface area contributed by atoms with E-state index in [0.717, 1.165) is 5.56 Å². The number of nitrogens with two attached hydrogens (primary N) is 1. The Balaban J connectivity index is 1.86. The highest BCUT2D eigenvalue weighted by molar-refractivity contribution is 6.12. The van der Waals surface area contributed by atoms with Crippen molar-refractivity contribution < 1.29 is 9.59 Å². The van der Waals surface area contributed by atoms with Gasteiger partial charge in [0.05, 0.1) is 22.5 Å². The van der Waals surface area contributed by atoms with Gasteiger partial charge < -0.3 is 20.5 Å². The molecule has 4 rings (SSSR count). The number of aromatic nitrogens is 3. The lowest BCUT2D eigenvalue weighted by Crippen LogP contribution is -2.41. The van der Waals surface area contributed by atoms with Crippen LogP contribution < -0.4 is 11.1 Å². The van der Waals surface area contributed by atoms with Crippen molar-refractivity contribution in [2.45, 2.75) is 51.7 Å². The normalized spacial score (nSPS) is 17.7. The van der Waals surface area contributed by atoms with Crippen molar-refractivity contribution in [1.82, 2.24) is 24.8 Å². The molecule has 0 bridgehead atoms. The van der Waals surface area contributed by atoms with Gasteiger partial charge in [0.2, 0.25) is 5.91 Å². The Morgan fingerprint density at radius 3 is 2.63 bits per heavy atom. The van der Waals surface area contributed by atoms with E-state index in [1.807, 2.05) is 55.7 Å². The molecule has 1 fully saturated rings. The fraction of sp³-hybridized carbons (Fsp3) is 0.333. The van der Waals surface area contributed by atoms with Crippen LogP contribution in [0.3, 0.4) is 0 Å². The average molecular weight is 471 g/mol. The van der Waals surface area contributed by atoms with Crippen LogP contribution in [0.2, 0.25) is 0 Å². The van der Waals surface area contributed by atoms with Crippen LogP contribution in [-0.4, -0.2) is 43.8 Å². The predicted octanol–water partition coefficient (Wildman–Crippen LogP) is 3.40. The second kappa shape index (κ2) is 9.26. The van der Waals surface area contributed by atoms with E-state index in [4.69, 9.17) is 5.73 Å². The molecule has 2 amide bonds. The summed E-state index contributed by atoms with van der Waals surface area (Å²) >= 11 is 0. The van der Waals surface area contributed by atoms with Crippen LogP contribution >= 0.6 is 0 Å². The lowest BCUT2D eigenvalue weighted by molar-refractivity contribution is -0.126. The molecule has 0 unspecified atom stereocenters. The van der Waals surface area contributed by atoms with Crippen LogP contribution in [0.1, 0.15) is 61.8 Å². The summed E-state index contributed by atoms with van der Waals surface area (Å²) in [6.45, 7) is 11.7. The number of rotatable bonds is 5. The van der Waals surface area contributed by atoms with Crippen molar-refractivity contribution in [2.24, 2.45) is 0 Å². The third-order valence-corrected chi connectivity index (χ3v) is 6.58. The van der Waals surface area contributed by atoms with Crippen LogP contribution in [0.4, 0.5) is 5.82 Å². The Labute approximate surface area is 205 Å². The van der Waals surface area contributed by atoms with Crippen molar-refractivity contribution >= 4 is 28.7 Å². The fourth-order valence-electron chi connectivity index (χ4n) is 4.86.